The summed E-state index contributed by atoms with van der Waals surface area (Å²) < 4.78 is 14.9. The summed E-state index contributed by atoms with van der Waals surface area (Å²) in [5, 5.41) is 0. The molecule has 2 fully saturated rings. The Kier molecular flexibility index (Phi) is 2.87. The highest BCUT2D eigenvalue weighted by molar-refractivity contribution is 5.92. The van der Waals surface area contributed by atoms with Crippen molar-refractivity contribution in [1.29, 1.82) is 0 Å². The summed E-state index contributed by atoms with van der Waals surface area (Å²) in [6.07, 6.45) is 6.78. The van der Waals surface area contributed by atoms with Gasteiger partial charge < -0.3 is 0 Å². The van der Waals surface area contributed by atoms with Gasteiger partial charge in [-0.05, 0) is 49.2 Å². The molecule has 22 heavy (non-hydrogen) atoms. The van der Waals surface area contributed by atoms with Crippen LogP contribution < -0.4 is 0 Å². The number of ketones is 2. The largest absolute Gasteiger partial charge is 0.299 e. The van der Waals surface area contributed by atoms with E-state index in [1.54, 1.807) is 6.08 Å². The van der Waals surface area contributed by atoms with Crippen molar-refractivity contribution in [3.8, 4) is 0 Å². The van der Waals surface area contributed by atoms with Gasteiger partial charge in [0, 0.05) is 23.7 Å². The maximum Gasteiger partial charge on any atom is 0.155 e. The van der Waals surface area contributed by atoms with E-state index in [2.05, 4.69) is 19.9 Å². The predicted molar refractivity (Wildman–Crippen MR) is 82.0 cm³/mol. The van der Waals surface area contributed by atoms with E-state index in [-0.39, 0.29) is 28.4 Å². The Labute approximate surface area is 130 Å². The second kappa shape index (κ2) is 4.39. The minimum absolute atomic E-state index is 0.0610. The Bertz CT molecular complexity index is 631. The zero-order valence-corrected chi connectivity index (χ0v) is 13.3. The Morgan fingerprint density at radius 3 is 2.73 bits per heavy atom. The first kappa shape index (κ1) is 14.3. The molecule has 2 saturated carbocycles. The molecule has 3 heteroatoms. The molecule has 0 N–H and O–H groups in total. The summed E-state index contributed by atoms with van der Waals surface area (Å²) in [6, 6.07) is 0. The third-order valence-corrected chi connectivity index (χ3v) is 7.03. The predicted octanol–water partition coefficient (Wildman–Crippen LogP) is 3.96. The highest BCUT2D eigenvalue weighted by atomic mass is 19.1. The van der Waals surface area contributed by atoms with E-state index in [1.807, 2.05) is 0 Å². The first-order valence-electron chi connectivity index (χ1n) is 8.49. The minimum atomic E-state index is -1.03. The van der Waals surface area contributed by atoms with Crippen molar-refractivity contribution in [3.05, 3.63) is 23.3 Å². The van der Waals surface area contributed by atoms with Gasteiger partial charge in [0.15, 0.2) is 5.78 Å². The van der Waals surface area contributed by atoms with Gasteiger partial charge >= 0.3 is 0 Å². The smallest absolute Gasteiger partial charge is 0.155 e. The summed E-state index contributed by atoms with van der Waals surface area (Å²) in [4.78, 5) is 24.0. The summed E-state index contributed by atoms with van der Waals surface area (Å²) in [5.74, 6) is 0.879. The molecular weight excluding hydrogens is 279 g/mol. The van der Waals surface area contributed by atoms with Gasteiger partial charge in [-0.2, -0.15) is 0 Å². The van der Waals surface area contributed by atoms with Gasteiger partial charge in [0.05, 0.1) is 0 Å². The number of allylic oxidation sites excluding steroid dienone is 4. The Morgan fingerprint density at radius 1 is 1.18 bits per heavy atom. The van der Waals surface area contributed by atoms with E-state index in [9.17, 15) is 14.0 Å². The fourth-order valence-electron chi connectivity index (χ4n) is 5.64. The van der Waals surface area contributed by atoms with Gasteiger partial charge in [-0.25, -0.2) is 4.39 Å². The van der Waals surface area contributed by atoms with Crippen molar-refractivity contribution in [2.45, 2.75) is 58.5 Å². The monoisotopic (exact) mass is 302 g/mol. The minimum Gasteiger partial charge on any atom is -0.299 e. The number of halogens is 1. The van der Waals surface area contributed by atoms with Crippen LogP contribution in [0.25, 0.3) is 0 Å². The van der Waals surface area contributed by atoms with Crippen molar-refractivity contribution in [2.75, 3.05) is 0 Å². The normalized spacial score (nSPS) is 47.3. The van der Waals surface area contributed by atoms with E-state index < -0.39 is 6.17 Å². The molecule has 4 aliphatic rings. The lowest BCUT2D eigenvalue weighted by molar-refractivity contribution is -0.127. The van der Waals surface area contributed by atoms with Crippen LogP contribution in [0.3, 0.4) is 0 Å². The Hall–Kier alpha value is -1.25. The maximum absolute atomic E-state index is 14.9. The second-order valence-corrected chi connectivity index (χ2v) is 8.06. The molecule has 0 amide bonds. The van der Waals surface area contributed by atoms with Gasteiger partial charge in [0.2, 0.25) is 0 Å². The van der Waals surface area contributed by atoms with Crippen LogP contribution in [0.15, 0.2) is 23.3 Å². The molecule has 0 aromatic rings. The number of alkyl halides is 1. The Morgan fingerprint density at radius 2 is 1.95 bits per heavy atom. The standard InChI is InChI=1S/C19H23FO2/c1-18-7-5-11(21)9-15(18)16(20)10-12-13-3-4-17(22)19(13,2)8-6-14(12)18/h6,9,12-13,16H,3-5,7-8,10H2,1-2H3/t12-,13-,16+,18+,19-/m0/s1. The van der Waals surface area contributed by atoms with Crippen LogP contribution >= 0.6 is 0 Å². The molecule has 0 aromatic heterocycles. The fourth-order valence-corrected chi connectivity index (χ4v) is 5.64. The number of Topliss-reactive ketones (excluding diaryl/α,β-unsaturated/α-hetero) is 1. The second-order valence-electron chi connectivity index (χ2n) is 8.06. The molecule has 0 aliphatic heterocycles. The topological polar surface area (TPSA) is 34.1 Å². The summed E-state index contributed by atoms with van der Waals surface area (Å²) >= 11 is 0. The van der Waals surface area contributed by atoms with E-state index in [0.29, 0.717) is 30.6 Å². The lowest BCUT2D eigenvalue weighted by Crippen LogP contribution is -2.47. The van der Waals surface area contributed by atoms with Crippen molar-refractivity contribution >= 4 is 11.6 Å². The number of hydrogen-bond donors (Lipinski definition) is 0. The molecule has 2 nitrogen and oxygen atoms in total. The van der Waals surface area contributed by atoms with Crippen molar-refractivity contribution in [2.24, 2.45) is 22.7 Å². The molecule has 4 aliphatic carbocycles. The maximum atomic E-state index is 14.9. The summed E-state index contributed by atoms with van der Waals surface area (Å²) in [7, 11) is 0. The lowest BCUT2D eigenvalue weighted by Gasteiger charge is -2.52. The van der Waals surface area contributed by atoms with Crippen molar-refractivity contribution in [3.63, 3.8) is 0 Å². The van der Waals surface area contributed by atoms with Gasteiger partial charge in [0.25, 0.3) is 0 Å². The van der Waals surface area contributed by atoms with Gasteiger partial charge in [-0.3, -0.25) is 9.59 Å². The van der Waals surface area contributed by atoms with E-state index in [1.165, 1.54) is 5.57 Å². The zero-order chi connectivity index (χ0) is 15.7. The molecule has 118 valence electrons. The van der Waals surface area contributed by atoms with Crippen LogP contribution in [0.2, 0.25) is 0 Å². The van der Waals surface area contributed by atoms with Crippen LogP contribution in [-0.2, 0) is 9.59 Å². The molecule has 0 heterocycles. The van der Waals surface area contributed by atoms with E-state index in [0.717, 1.165) is 19.3 Å². The van der Waals surface area contributed by atoms with Gasteiger partial charge in [-0.1, -0.05) is 25.5 Å². The molecule has 0 spiro atoms. The summed E-state index contributed by atoms with van der Waals surface area (Å²) in [6.45, 7) is 4.18. The van der Waals surface area contributed by atoms with Crippen LogP contribution in [0.5, 0.6) is 0 Å². The Balaban J connectivity index is 1.82. The average Bonchev–Trinajstić information content (AvgIpc) is 2.77. The third kappa shape index (κ3) is 1.65. The van der Waals surface area contributed by atoms with Gasteiger partial charge in [-0.15, -0.1) is 0 Å². The molecule has 0 radical (unpaired) electrons. The molecule has 0 unspecified atom stereocenters. The SMILES string of the molecule is C[C@]12CCC(=O)C=C1[C@H](F)C[C@@H]1C2=CC[C@]2(C)C(=O)CC[C@@H]12. The van der Waals surface area contributed by atoms with Crippen LogP contribution in [-0.4, -0.2) is 17.7 Å². The number of carbonyl (C=O) groups excluding carboxylic acids is 2. The quantitative estimate of drug-likeness (QED) is 0.635. The lowest BCUT2D eigenvalue weighted by atomic mass is 9.51. The number of carbonyl (C=O) groups is 2. The molecule has 0 aromatic carbocycles. The van der Waals surface area contributed by atoms with Crippen molar-refractivity contribution in [1.82, 2.24) is 0 Å². The number of rotatable bonds is 0. The molecule has 0 saturated heterocycles. The third-order valence-electron chi connectivity index (χ3n) is 7.03. The highest BCUT2D eigenvalue weighted by Gasteiger charge is 2.57. The fraction of sp³-hybridized carbons (Fsp3) is 0.684. The average molecular weight is 302 g/mol. The molecule has 4 rings (SSSR count). The molecule has 0 bridgehead atoms. The van der Waals surface area contributed by atoms with Crippen LogP contribution in [0.4, 0.5) is 4.39 Å². The van der Waals surface area contributed by atoms with Crippen molar-refractivity contribution < 1.29 is 14.0 Å². The molecule has 5 atom stereocenters. The van der Waals surface area contributed by atoms with E-state index >= 15 is 0 Å². The first-order chi connectivity index (χ1) is 10.4. The number of hydrogen-bond acceptors (Lipinski definition) is 2. The van der Waals surface area contributed by atoms with Gasteiger partial charge in [0.1, 0.15) is 12.0 Å². The van der Waals surface area contributed by atoms with Crippen LogP contribution in [0.1, 0.15) is 52.4 Å². The molecular formula is C19H23FO2. The number of fused-ring (bicyclic) bond motifs is 5. The summed E-state index contributed by atoms with van der Waals surface area (Å²) in [5.41, 5.74) is 1.43. The highest BCUT2D eigenvalue weighted by Crippen LogP contribution is 2.62. The van der Waals surface area contributed by atoms with E-state index in [4.69, 9.17) is 0 Å². The first-order valence-corrected chi connectivity index (χ1v) is 8.49. The van der Waals surface area contributed by atoms with Crippen LogP contribution in [0, 0.1) is 22.7 Å². The zero-order valence-electron chi connectivity index (χ0n) is 13.3.